The van der Waals surface area contributed by atoms with Gasteiger partial charge in [-0.25, -0.2) is 4.79 Å². The lowest BCUT2D eigenvalue weighted by atomic mass is 9.87. The average Bonchev–Trinajstić information content (AvgIpc) is 2.59. The smallest absolute Gasteiger partial charge is 0.324 e. The van der Waals surface area contributed by atoms with Crippen LogP contribution >= 0.6 is 0 Å². The molecule has 2 amide bonds. The molecule has 0 atom stereocenters. The van der Waals surface area contributed by atoms with Crippen molar-refractivity contribution in [1.82, 2.24) is 4.90 Å². The van der Waals surface area contributed by atoms with Crippen LogP contribution in [0.5, 0.6) is 0 Å². The molecule has 0 spiro atoms. The summed E-state index contributed by atoms with van der Waals surface area (Å²) in [5.74, 6) is 0. The van der Waals surface area contributed by atoms with Crippen LogP contribution in [-0.4, -0.2) is 31.1 Å². The molecule has 1 aliphatic heterocycles. The van der Waals surface area contributed by atoms with E-state index < -0.39 is 0 Å². The van der Waals surface area contributed by atoms with Gasteiger partial charge < -0.3 is 4.90 Å². The Hall–Kier alpha value is -1.51. The van der Waals surface area contributed by atoms with Crippen molar-refractivity contribution in [2.45, 2.75) is 26.2 Å². The fourth-order valence-corrected chi connectivity index (χ4v) is 2.03. The number of hydrogen-bond acceptors (Lipinski definition) is 1. The van der Waals surface area contributed by atoms with E-state index >= 15 is 0 Å². The molecule has 17 heavy (non-hydrogen) atoms. The van der Waals surface area contributed by atoms with Gasteiger partial charge in [-0.2, -0.15) is 0 Å². The van der Waals surface area contributed by atoms with Gasteiger partial charge in [-0.3, -0.25) is 4.90 Å². The molecule has 0 aliphatic carbocycles. The quantitative estimate of drug-likeness (QED) is 0.730. The maximum absolute atomic E-state index is 11.9. The number of benzene rings is 1. The second kappa shape index (κ2) is 4.06. The second-order valence-electron chi connectivity index (χ2n) is 5.66. The highest BCUT2D eigenvalue weighted by molar-refractivity contribution is 5.94. The third-order valence-corrected chi connectivity index (χ3v) is 3.24. The maximum Gasteiger partial charge on any atom is 0.324 e. The van der Waals surface area contributed by atoms with Crippen LogP contribution in [0.2, 0.25) is 0 Å². The van der Waals surface area contributed by atoms with Crippen molar-refractivity contribution in [3.05, 3.63) is 29.8 Å². The van der Waals surface area contributed by atoms with E-state index in [2.05, 4.69) is 32.9 Å². The molecule has 92 valence electrons. The van der Waals surface area contributed by atoms with Gasteiger partial charge in [-0.05, 0) is 23.1 Å². The van der Waals surface area contributed by atoms with Crippen molar-refractivity contribution in [1.29, 1.82) is 0 Å². The molecule has 1 fully saturated rings. The van der Waals surface area contributed by atoms with Gasteiger partial charge in [0.05, 0.1) is 0 Å². The van der Waals surface area contributed by atoms with Crippen molar-refractivity contribution in [2.75, 3.05) is 25.0 Å². The van der Waals surface area contributed by atoms with Gasteiger partial charge in [0.15, 0.2) is 0 Å². The Morgan fingerprint density at radius 3 is 2.41 bits per heavy atom. The SMILES string of the molecule is CN1CCN(c2cccc(C(C)(C)C)c2)C1=O. The van der Waals surface area contributed by atoms with Crippen LogP contribution in [0.1, 0.15) is 26.3 Å². The van der Waals surface area contributed by atoms with Crippen LogP contribution in [0.15, 0.2) is 24.3 Å². The summed E-state index contributed by atoms with van der Waals surface area (Å²) in [7, 11) is 1.84. The molecule has 1 heterocycles. The molecule has 1 saturated heterocycles. The van der Waals surface area contributed by atoms with E-state index in [1.54, 1.807) is 4.90 Å². The van der Waals surface area contributed by atoms with Crippen LogP contribution in [-0.2, 0) is 5.41 Å². The van der Waals surface area contributed by atoms with Gasteiger partial charge in [-0.1, -0.05) is 32.9 Å². The lowest BCUT2D eigenvalue weighted by molar-refractivity contribution is 0.229. The second-order valence-corrected chi connectivity index (χ2v) is 5.66. The van der Waals surface area contributed by atoms with Crippen LogP contribution in [0.3, 0.4) is 0 Å². The summed E-state index contributed by atoms with van der Waals surface area (Å²) >= 11 is 0. The Morgan fingerprint density at radius 2 is 1.88 bits per heavy atom. The molecular weight excluding hydrogens is 212 g/mol. The summed E-state index contributed by atoms with van der Waals surface area (Å²) in [5, 5.41) is 0. The minimum Gasteiger partial charge on any atom is -0.326 e. The molecule has 2 rings (SSSR count). The summed E-state index contributed by atoms with van der Waals surface area (Å²) in [5.41, 5.74) is 2.38. The van der Waals surface area contributed by atoms with Crippen molar-refractivity contribution in [3.63, 3.8) is 0 Å². The number of urea groups is 1. The Morgan fingerprint density at radius 1 is 1.18 bits per heavy atom. The van der Waals surface area contributed by atoms with Crippen LogP contribution in [0.25, 0.3) is 0 Å². The lowest BCUT2D eigenvalue weighted by Gasteiger charge is -2.22. The molecule has 1 aromatic carbocycles. The van der Waals surface area contributed by atoms with E-state index in [0.29, 0.717) is 0 Å². The molecule has 0 bridgehead atoms. The number of amides is 2. The molecule has 0 radical (unpaired) electrons. The van der Waals surface area contributed by atoms with Crippen molar-refractivity contribution in [3.8, 4) is 0 Å². The summed E-state index contributed by atoms with van der Waals surface area (Å²) < 4.78 is 0. The molecule has 0 aromatic heterocycles. The number of carbonyl (C=O) groups is 1. The van der Waals surface area contributed by atoms with E-state index in [0.717, 1.165) is 18.8 Å². The molecule has 0 unspecified atom stereocenters. The van der Waals surface area contributed by atoms with Gasteiger partial charge in [-0.15, -0.1) is 0 Å². The number of carbonyl (C=O) groups excluding carboxylic acids is 1. The first kappa shape index (κ1) is 12.0. The first-order valence-corrected chi connectivity index (χ1v) is 6.03. The number of rotatable bonds is 1. The highest BCUT2D eigenvalue weighted by atomic mass is 16.2. The standard InChI is InChI=1S/C14H20N2O/c1-14(2,3)11-6-5-7-12(10-11)16-9-8-15(4)13(16)17/h5-7,10H,8-9H2,1-4H3. The van der Waals surface area contributed by atoms with E-state index in [9.17, 15) is 4.79 Å². The third kappa shape index (κ3) is 2.28. The van der Waals surface area contributed by atoms with E-state index in [4.69, 9.17) is 0 Å². The minimum absolute atomic E-state index is 0.0936. The normalized spacial score (nSPS) is 16.8. The first-order valence-electron chi connectivity index (χ1n) is 6.03. The Kier molecular flexibility index (Phi) is 2.86. The van der Waals surface area contributed by atoms with Crippen molar-refractivity contribution < 1.29 is 4.79 Å². The number of hydrogen-bond donors (Lipinski definition) is 0. The topological polar surface area (TPSA) is 23.6 Å². The van der Waals surface area contributed by atoms with Crippen molar-refractivity contribution >= 4 is 11.7 Å². The highest BCUT2D eigenvalue weighted by Crippen LogP contribution is 2.27. The van der Waals surface area contributed by atoms with Crippen LogP contribution in [0, 0.1) is 0 Å². The predicted molar refractivity (Wildman–Crippen MR) is 70.5 cm³/mol. The number of anilines is 1. The maximum atomic E-state index is 11.9. The number of nitrogens with zero attached hydrogens (tertiary/aromatic N) is 2. The van der Waals surface area contributed by atoms with E-state index in [1.165, 1.54) is 5.56 Å². The largest absolute Gasteiger partial charge is 0.326 e. The first-order chi connectivity index (χ1) is 7.89. The molecule has 0 saturated carbocycles. The van der Waals surface area contributed by atoms with Gasteiger partial charge in [0.2, 0.25) is 0 Å². The number of likely N-dealkylation sites (N-methyl/N-ethyl adjacent to an activating group) is 1. The van der Waals surface area contributed by atoms with E-state index in [-0.39, 0.29) is 11.4 Å². The average molecular weight is 232 g/mol. The molecule has 1 aromatic rings. The van der Waals surface area contributed by atoms with Gasteiger partial charge in [0, 0.05) is 25.8 Å². The fraction of sp³-hybridized carbons (Fsp3) is 0.500. The zero-order valence-corrected chi connectivity index (χ0v) is 11.0. The summed E-state index contributed by atoms with van der Waals surface area (Å²) in [4.78, 5) is 15.5. The highest BCUT2D eigenvalue weighted by Gasteiger charge is 2.27. The predicted octanol–water partition coefficient (Wildman–Crippen LogP) is 2.86. The zero-order chi connectivity index (χ0) is 12.6. The molecule has 3 nitrogen and oxygen atoms in total. The summed E-state index contributed by atoms with van der Waals surface area (Å²) in [6.45, 7) is 8.14. The zero-order valence-electron chi connectivity index (χ0n) is 11.0. The fourth-order valence-electron chi connectivity index (χ4n) is 2.03. The summed E-state index contributed by atoms with van der Waals surface area (Å²) in [6, 6.07) is 8.37. The van der Waals surface area contributed by atoms with Crippen LogP contribution in [0.4, 0.5) is 10.5 Å². The van der Waals surface area contributed by atoms with E-state index in [1.807, 2.05) is 24.1 Å². The molecular formula is C14H20N2O. The monoisotopic (exact) mass is 232 g/mol. The van der Waals surface area contributed by atoms with Crippen molar-refractivity contribution in [2.24, 2.45) is 0 Å². The van der Waals surface area contributed by atoms with Gasteiger partial charge in [0.25, 0.3) is 0 Å². The molecule has 1 aliphatic rings. The minimum atomic E-state index is 0.0936. The van der Waals surface area contributed by atoms with Crippen LogP contribution < -0.4 is 4.90 Å². The van der Waals surface area contributed by atoms with Gasteiger partial charge >= 0.3 is 6.03 Å². The molecule has 3 heteroatoms. The van der Waals surface area contributed by atoms with Gasteiger partial charge in [0.1, 0.15) is 0 Å². The Bertz CT molecular complexity index is 434. The summed E-state index contributed by atoms with van der Waals surface area (Å²) in [6.07, 6.45) is 0. The Labute approximate surface area is 103 Å². The molecule has 0 N–H and O–H groups in total. The lowest BCUT2D eigenvalue weighted by Crippen LogP contribution is -2.29. The third-order valence-electron chi connectivity index (χ3n) is 3.24. The Balaban J connectivity index is 2.31.